The molecule has 0 fully saturated rings. The molecule has 0 aliphatic rings. The van der Waals surface area contributed by atoms with Crippen LogP contribution in [0, 0.1) is 0 Å². The van der Waals surface area contributed by atoms with Crippen molar-refractivity contribution < 1.29 is 14.7 Å². The average Bonchev–Trinajstić information content (AvgIpc) is 2.45. The molecular weight excluding hydrogens is 270 g/mol. The molecule has 3 N–H and O–H groups in total. The molecule has 0 aliphatic carbocycles. The highest BCUT2D eigenvalue weighted by Crippen LogP contribution is 2.12. The Labute approximate surface area is 124 Å². The van der Waals surface area contributed by atoms with Crippen molar-refractivity contribution in [1.29, 1.82) is 0 Å². The standard InChI is InChI=1S/C15H21N3O3/c1-16-9-4-10-18(2)15(21)17-13-6-3-5-12(11-13)7-8-14(19)20/h3,5-8,11,16H,4,9-10H2,1-2H3,(H,17,21)(H,19,20)/b8-7+. The van der Waals surface area contributed by atoms with Crippen LogP contribution < -0.4 is 10.6 Å². The van der Waals surface area contributed by atoms with Crippen LogP contribution in [-0.2, 0) is 4.79 Å². The number of rotatable bonds is 7. The highest BCUT2D eigenvalue weighted by atomic mass is 16.4. The first-order valence-electron chi connectivity index (χ1n) is 6.70. The Balaban J connectivity index is 2.59. The minimum Gasteiger partial charge on any atom is -0.478 e. The molecule has 0 aromatic heterocycles. The number of hydrogen-bond acceptors (Lipinski definition) is 3. The van der Waals surface area contributed by atoms with Crippen molar-refractivity contribution in [2.45, 2.75) is 6.42 Å². The number of urea groups is 1. The molecule has 1 aromatic rings. The normalized spacial score (nSPS) is 10.6. The zero-order valence-corrected chi connectivity index (χ0v) is 12.3. The van der Waals surface area contributed by atoms with Crippen molar-refractivity contribution >= 4 is 23.8 Å². The van der Waals surface area contributed by atoms with Crippen LogP contribution in [0.2, 0.25) is 0 Å². The zero-order valence-electron chi connectivity index (χ0n) is 12.3. The summed E-state index contributed by atoms with van der Waals surface area (Å²) in [5.41, 5.74) is 1.35. The molecule has 0 aliphatic heterocycles. The minimum absolute atomic E-state index is 0.189. The molecule has 0 saturated heterocycles. The second-order valence-electron chi connectivity index (χ2n) is 4.61. The van der Waals surface area contributed by atoms with Gasteiger partial charge in [-0.05, 0) is 43.8 Å². The van der Waals surface area contributed by atoms with Gasteiger partial charge in [0.05, 0.1) is 0 Å². The molecule has 1 rings (SSSR count). The Kier molecular flexibility index (Phi) is 6.97. The van der Waals surface area contributed by atoms with Gasteiger partial charge in [0.1, 0.15) is 0 Å². The lowest BCUT2D eigenvalue weighted by Gasteiger charge is -2.18. The van der Waals surface area contributed by atoms with Gasteiger partial charge in [0.25, 0.3) is 0 Å². The lowest BCUT2D eigenvalue weighted by atomic mass is 10.2. The van der Waals surface area contributed by atoms with E-state index in [1.807, 2.05) is 7.05 Å². The molecule has 1 aromatic carbocycles. The van der Waals surface area contributed by atoms with E-state index in [1.165, 1.54) is 6.08 Å². The van der Waals surface area contributed by atoms with E-state index in [2.05, 4.69) is 10.6 Å². The fourth-order valence-corrected chi connectivity index (χ4v) is 1.70. The lowest BCUT2D eigenvalue weighted by Crippen LogP contribution is -2.33. The van der Waals surface area contributed by atoms with Crippen LogP contribution in [0.25, 0.3) is 6.08 Å². The molecule has 0 unspecified atom stereocenters. The van der Waals surface area contributed by atoms with Gasteiger partial charge in [-0.3, -0.25) is 0 Å². The maximum atomic E-state index is 12.0. The number of nitrogens with zero attached hydrogens (tertiary/aromatic N) is 1. The van der Waals surface area contributed by atoms with Crippen molar-refractivity contribution in [2.75, 3.05) is 32.5 Å². The topological polar surface area (TPSA) is 81.7 Å². The van der Waals surface area contributed by atoms with Crippen LogP contribution >= 0.6 is 0 Å². The van der Waals surface area contributed by atoms with Gasteiger partial charge in [0.2, 0.25) is 0 Å². The van der Waals surface area contributed by atoms with Crippen LogP contribution in [-0.4, -0.2) is 49.2 Å². The van der Waals surface area contributed by atoms with E-state index in [-0.39, 0.29) is 6.03 Å². The Hall–Kier alpha value is -2.34. The summed E-state index contributed by atoms with van der Waals surface area (Å²) in [4.78, 5) is 24.1. The number of carboxylic acids is 1. The maximum absolute atomic E-state index is 12.0. The van der Waals surface area contributed by atoms with Crippen LogP contribution in [0.15, 0.2) is 30.3 Å². The first-order chi connectivity index (χ1) is 10.0. The van der Waals surface area contributed by atoms with Gasteiger partial charge in [-0.25, -0.2) is 9.59 Å². The van der Waals surface area contributed by atoms with Crippen molar-refractivity contribution in [2.24, 2.45) is 0 Å². The molecule has 114 valence electrons. The zero-order chi connectivity index (χ0) is 15.7. The van der Waals surface area contributed by atoms with Gasteiger partial charge in [-0.1, -0.05) is 12.1 Å². The monoisotopic (exact) mass is 291 g/mol. The highest BCUT2D eigenvalue weighted by molar-refractivity contribution is 5.90. The number of amides is 2. The molecule has 6 nitrogen and oxygen atoms in total. The Morgan fingerprint density at radius 1 is 1.38 bits per heavy atom. The fraction of sp³-hybridized carbons (Fsp3) is 0.333. The number of aliphatic carboxylic acids is 1. The van der Waals surface area contributed by atoms with Crippen molar-refractivity contribution in [3.8, 4) is 0 Å². The van der Waals surface area contributed by atoms with E-state index in [4.69, 9.17) is 5.11 Å². The van der Waals surface area contributed by atoms with Crippen LogP contribution in [0.5, 0.6) is 0 Å². The molecule has 2 amide bonds. The summed E-state index contributed by atoms with van der Waals surface area (Å²) in [5, 5.41) is 14.4. The van der Waals surface area contributed by atoms with Crippen LogP contribution in [0.3, 0.4) is 0 Å². The molecule has 0 spiro atoms. The molecule has 0 bridgehead atoms. The van der Waals surface area contributed by atoms with Gasteiger partial charge in [-0.2, -0.15) is 0 Å². The average molecular weight is 291 g/mol. The Morgan fingerprint density at radius 2 is 2.14 bits per heavy atom. The smallest absolute Gasteiger partial charge is 0.328 e. The van der Waals surface area contributed by atoms with Crippen LogP contribution in [0.1, 0.15) is 12.0 Å². The first-order valence-corrected chi connectivity index (χ1v) is 6.70. The summed E-state index contributed by atoms with van der Waals surface area (Å²) < 4.78 is 0. The van der Waals surface area contributed by atoms with Crippen LogP contribution in [0.4, 0.5) is 10.5 Å². The summed E-state index contributed by atoms with van der Waals surface area (Å²) in [6.07, 6.45) is 3.42. The van der Waals surface area contributed by atoms with Gasteiger partial charge in [-0.15, -0.1) is 0 Å². The summed E-state index contributed by atoms with van der Waals surface area (Å²) in [5.74, 6) is -1.01. The van der Waals surface area contributed by atoms with E-state index in [0.29, 0.717) is 17.8 Å². The molecule has 0 heterocycles. The highest BCUT2D eigenvalue weighted by Gasteiger charge is 2.08. The van der Waals surface area contributed by atoms with Gasteiger partial charge >= 0.3 is 12.0 Å². The van der Waals surface area contributed by atoms with Crippen molar-refractivity contribution in [1.82, 2.24) is 10.2 Å². The Bertz CT molecular complexity index is 515. The first kappa shape index (κ1) is 16.7. The summed E-state index contributed by atoms with van der Waals surface area (Å²) in [6, 6.07) is 6.82. The molecule has 0 saturated carbocycles. The number of hydrogen-bond donors (Lipinski definition) is 3. The molecule has 6 heteroatoms. The number of carbonyl (C=O) groups is 2. The number of anilines is 1. The largest absolute Gasteiger partial charge is 0.478 e. The summed E-state index contributed by atoms with van der Waals surface area (Å²) >= 11 is 0. The fourth-order valence-electron chi connectivity index (χ4n) is 1.70. The SMILES string of the molecule is CNCCCN(C)C(=O)Nc1cccc(/C=C/C(=O)O)c1. The van der Waals surface area contributed by atoms with Crippen molar-refractivity contribution in [3.63, 3.8) is 0 Å². The number of nitrogens with one attached hydrogen (secondary N) is 2. The van der Waals surface area contributed by atoms with Gasteiger partial charge in [0, 0.05) is 25.4 Å². The summed E-state index contributed by atoms with van der Waals surface area (Å²) in [7, 11) is 3.61. The number of benzene rings is 1. The molecule has 0 atom stereocenters. The summed E-state index contributed by atoms with van der Waals surface area (Å²) in [6.45, 7) is 1.51. The molecule has 21 heavy (non-hydrogen) atoms. The Morgan fingerprint density at radius 3 is 2.81 bits per heavy atom. The van der Waals surface area contributed by atoms with Crippen molar-refractivity contribution in [3.05, 3.63) is 35.9 Å². The van der Waals surface area contributed by atoms with E-state index in [1.54, 1.807) is 36.2 Å². The molecular formula is C15H21N3O3. The second-order valence-corrected chi connectivity index (χ2v) is 4.61. The van der Waals surface area contributed by atoms with E-state index in [9.17, 15) is 9.59 Å². The van der Waals surface area contributed by atoms with E-state index in [0.717, 1.165) is 19.0 Å². The van der Waals surface area contributed by atoms with Gasteiger partial charge in [0.15, 0.2) is 0 Å². The quantitative estimate of drug-likeness (QED) is 0.529. The third-order valence-electron chi connectivity index (χ3n) is 2.82. The third kappa shape index (κ3) is 6.58. The van der Waals surface area contributed by atoms with E-state index >= 15 is 0 Å². The number of carbonyl (C=O) groups excluding carboxylic acids is 1. The molecule has 0 radical (unpaired) electrons. The van der Waals surface area contributed by atoms with Gasteiger partial charge < -0.3 is 20.6 Å². The third-order valence-corrected chi connectivity index (χ3v) is 2.82. The second kappa shape index (κ2) is 8.76. The number of carboxylic acid groups (broad SMARTS) is 1. The predicted molar refractivity (Wildman–Crippen MR) is 83.3 cm³/mol. The lowest BCUT2D eigenvalue weighted by molar-refractivity contribution is -0.131. The maximum Gasteiger partial charge on any atom is 0.328 e. The predicted octanol–water partition coefficient (Wildman–Crippen LogP) is 1.86. The minimum atomic E-state index is -1.01. The van der Waals surface area contributed by atoms with E-state index < -0.39 is 5.97 Å².